The van der Waals surface area contributed by atoms with E-state index in [9.17, 15) is 0 Å². The zero-order valence-corrected chi connectivity index (χ0v) is 14.1. The van der Waals surface area contributed by atoms with Crippen molar-refractivity contribution >= 4 is 18.5 Å². The minimum absolute atomic E-state index is 0.925. The standard InChI is InChI=1S/C21H25N/c1-6-18-9-8-17(12-15(18)3)14-21(22-5)20-11-10-19(7-2)16(4)13-20/h8-14H,5-7H2,1-4H3/b21-14+. The van der Waals surface area contributed by atoms with Crippen LogP contribution in [0.25, 0.3) is 11.8 Å². The van der Waals surface area contributed by atoms with E-state index in [0.29, 0.717) is 0 Å². The molecule has 0 radical (unpaired) electrons. The Hall–Kier alpha value is -2.15. The highest BCUT2D eigenvalue weighted by molar-refractivity contribution is 5.83. The van der Waals surface area contributed by atoms with Crippen molar-refractivity contribution in [3.63, 3.8) is 0 Å². The third-order valence-electron chi connectivity index (χ3n) is 4.24. The van der Waals surface area contributed by atoms with E-state index >= 15 is 0 Å². The summed E-state index contributed by atoms with van der Waals surface area (Å²) in [6.07, 6.45) is 4.24. The maximum absolute atomic E-state index is 4.23. The molecule has 2 aromatic rings. The summed E-state index contributed by atoms with van der Waals surface area (Å²) in [4.78, 5) is 4.23. The van der Waals surface area contributed by atoms with Crippen LogP contribution in [-0.2, 0) is 12.8 Å². The van der Waals surface area contributed by atoms with Gasteiger partial charge >= 0.3 is 0 Å². The molecule has 0 amide bonds. The summed E-state index contributed by atoms with van der Waals surface area (Å²) in [7, 11) is 0. The lowest BCUT2D eigenvalue weighted by atomic mass is 9.99. The van der Waals surface area contributed by atoms with Crippen molar-refractivity contribution in [3.8, 4) is 0 Å². The summed E-state index contributed by atoms with van der Waals surface area (Å²) < 4.78 is 0. The average Bonchev–Trinajstić information content (AvgIpc) is 2.52. The number of hydrogen-bond donors (Lipinski definition) is 0. The number of aliphatic imine (C=N–C) groups is 1. The van der Waals surface area contributed by atoms with Crippen molar-refractivity contribution < 1.29 is 0 Å². The van der Waals surface area contributed by atoms with Gasteiger partial charge in [0.05, 0.1) is 5.70 Å². The Labute approximate surface area is 134 Å². The first-order chi connectivity index (χ1) is 10.6. The van der Waals surface area contributed by atoms with Crippen LogP contribution in [0.1, 0.15) is 47.2 Å². The smallest absolute Gasteiger partial charge is 0.0700 e. The molecule has 22 heavy (non-hydrogen) atoms. The van der Waals surface area contributed by atoms with E-state index in [4.69, 9.17) is 0 Å². The molecule has 0 saturated carbocycles. The summed E-state index contributed by atoms with van der Waals surface area (Å²) in [5, 5.41) is 0. The zero-order chi connectivity index (χ0) is 16.1. The molecule has 1 nitrogen and oxygen atoms in total. The van der Waals surface area contributed by atoms with Crippen LogP contribution in [0.4, 0.5) is 0 Å². The lowest BCUT2D eigenvalue weighted by molar-refractivity contribution is 1.11. The summed E-state index contributed by atoms with van der Waals surface area (Å²) in [5.41, 5.74) is 8.65. The van der Waals surface area contributed by atoms with Gasteiger partial charge in [-0.25, -0.2) is 0 Å². The van der Waals surface area contributed by atoms with Crippen molar-refractivity contribution in [2.75, 3.05) is 0 Å². The normalized spacial score (nSPS) is 11.5. The molecule has 0 fully saturated rings. The molecule has 0 aliphatic rings. The van der Waals surface area contributed by atoms with Gasteiger partial charge in [-0.3, -0.25) is 4.99 Å². The van der Waals surface area contributed by atoms with E-state index in [0.717, 1.165) is 24.1 Å². The number of rotatable bonds is 5. The first-order valence-corrected chi connectivity index (χ1v) is 7.96. The Kier molecular flexibility index (Phi) is 5.32. The fraction of sp³-hybridized carbons (Fsp3) is 0.286. The van der Waals surface area contributed by atoms with Crippen molar-refractivity contribution in [1.29, 1.82) is 0 Å². The molecule has 0 heterocycles. The minimum Gasteiger partial charge on any atom is -0.264 e. The number of hydrogen-bond acceptors (Lipinski definition) is 1. The van der Waals surface area contributed by atoms with Crippen LogP contribution in [0.15, 0.2) is 41.4 Å². The van der Waals surface area contributed by atoms with E-state index < -0.39 is 0 Å². The molecule has 2 aromatic carbocycles. The van der Waals surface area contributed by atoms with Crippen LogP contribution in [-0.4, -0.2) is 6.72 Å². The van der Waals surface area contributed by atoms with E-state index in [-0.39, 0.29) is 0 Å². The Morgan fingerprint density at radius 2 is 1.55 bits per heavy atom. The van der Waals surface area contributed by atoms with E-state index in [1.807, 2.05) is 0 Å². The fourth-order valence-corrected chi connectivity index (χ4v) is 2.84. The van der Waals surface area contributed by atoms with Crippen LogP contribution in [0.5, 0.6) is 0 Å². The van der Waals surface area contributed by atoms with Gasteiger partial charge in [0.1, 0.15) is 0 Å². The van der Waals surface area contributed by atoms with Crippen molar-refractivity contribution in [2.24, 2.45) is 4.99 Å². The largest absolute Gasteiger partial charge is 0.264 e. The van der Waals surface area contributed by atoms with Crippen molar-refractivity contribution in [3.05, 3.63) is 69.8 Å². The third kappa shape index (κ3) is 3.54. The van der Waals surface area contributed by atoms with Crippen LogP contribution in [0.3, 0.4) is 0 Å². The van der Waals surface area contributed by atoms with E-state index in [1.54, 1.807) is 0 Å². The molecule has 0 bridgehead atoms. The Morgan fingerprint density at radius 1 is 0.955 bits per heavy atom. The third-order valence-corrected chi connectivity index (χ3v) is 4.24. The molecule has 0 saturated heterocycles. The first-order valence-electron chi connectivity index (χ1n) is 7.96. The SMILES string of the molecule is C=N/C(=C/c1ccc(CC)c(C)c1)c1ccc(CC)c(C)c1. The highest BCUT2D eigenvalue weighted by atomic mass is 14.7. The maximum atomic E-state index is 4.23. The summed E-state index contributed by atoms with van der Waals surface area (Å²) in [6, 6.07) is 13.1. The molecule has 0 aromatic heterocycles. The van der Waals surface area contributed by atoms with Gasteiger partial charge < -0.3 is 0 Å². The molecule has 2 rings (SSSR count). The van der Waals surface area contributed by atoms with Gasteiger partial charge in [0.2, 0.25) is 0 Å². The molecule has 0 aliphatic carbocycles. The van der Waals surface area contributed by atoms with Crippen LogP contribution in [0, 0.1) is 13.8 Å². The quantitative estimate of drug-likeness (QED) is 0.500. The Bertz CT molecular complexity index is 708. The number of aryl methyl sites for hydroxylation is 4. The lowest BCUT2D eigenvalue weighted by Gasteiger charge is -2.08. The summed E-state index contributed by atoms with van der Waals surface area (Å²) in [6.45, 7) is 12.4. The molecule has 0 spiro atoms. The first kappa shape index (κ1) is 16.2. The number of benzene rings is 2. The second-order valence-corrected chi connectivity index (χ2v) is 5.72. The Morgan fingerprint density at radius 3 is 2.05 bits per heavy atom. The van der Waals surface area contributed by atoms with E-state index in [1.165, 1.54) is 27.8 Å². The van der Waals surface area contributed by atoms with Gasteiger partial charge in [0, 0.05) is 5.56 Å². The highest BCUT2D eigenvalue weighted by Gasteiger charge is 2.04. The molecular weight excluding hydrogens is 266 g/mol. The molecule has 0 atom stereocenters. The van der Waals surface area contributed by atoms with Crippen LogP contribution in [0.2, 0.25) is 0 Å². The molecular formula is C21H25N. The van der Waals surface area contributed by atoms with E-state index in [2.05, 4.69) is 81.9 Å². The monoisotopic (exact) mass is 291 g/mol. The van der Waals surface area contributed by atoms with Gasteiger partial charge in [-0.1, -0.05) is 44.2 Å². The highest BCUT2D eigenvalue weighted by Crippen LogP contribution is 2.23. The second kappa shape index (κ2) is 7.22. The molecule has 0 aliphatic heterocycles. The molecule has 0 unspecified atom stereocenters. The number of nitrogens with zero attached hydrogens (tertiary/aromatic N) is 1. The maximum Gasteiger partial charge on any atom is 0.0700 e. The zero-order valence-electron chi connectivity index (χ0n) is 14.1. The van der Waals surface area contributed by atoms with Gasteiger partial charge in [0.25, 0.3) is 0 Å². The fourth-order valence-electron chi connectivity index (χ4n) is 2.84. The predicted octanol–water partition coefficient (Wildman–Crippen LogP) is 5.63. The van der Waals surface area contributed by atoms with Gasteiger partial charge in [-0.05, 0) is 73.4 Å². The van der Waals surface area contributed by atoms with Gasteiger partial charge in [-0.2, -0.15) is 0 Å². The molecule has 1 heteroatoms. The minimum atomic E-state index is 0.925. The molecule has 0 N–H and O–H groups in total. The second-order valence-electron chi connectivity index (χ2n) is 5.72. The summed E-state index contributed by atoms with van der Waals surface area (Å²) >= 11 is 0. The topological polar surface area (TPSA) is 12.4 Å². The van der Waals surface area contributed by atoms with Crippen LogP contribution >= 0.6 is 0 Å². The average molecular weight is 291 g/mol. The van der Waals surface area contributed by atoms with Crippen molar-refractivity contribution in [2.45, 2.75) is 40.5 Å². The van der Waals surface area contributed by atoms with Crippen molar-refractivity contribution in [1.82, 2.24) is 0 Å². The van der Waals surface area contributed by atoms with Crippen LogP contribution < -0.4 is 0 Å². The predicted molar refractivity (Wildman–Crippen MR) is 98.5 cm³/mol. The van der Waals surface area contributed by atoms with Gasteiger partial charge in [0.15, 0.2) is 0 Å². The Balaban J connectivity index is 2.41. The molecule has 114 valence electrons. The van der Waals surface area contributed by atoms with Gasteiger partial charge in [-0.15, -0.1) is 0 Å². The summed E-state index contributed by atoms with van der Waals surface area (Å²) in [5.74, 6) is 0. The lowest BCUT2D eigenvalue weighted by Crippen LogP contribution is -1.90.